The highest BCUT2D eigenvalue weighted by atomic mass is 32.1. The van der Waals surface area contributed by atoms with Crippen molar-refractivity contribution in [3.8, 4) is 11.6 Å². The van der Waals surface area contributed by atoms with Crippen molar-refractivity contribution in [3.05, 3.63) is 104 Å². The fourth-order valence-corrected chi connectivity index (χ4v) is 4.71. The summed E-state index contributed by atoms with van der Waals surface area (Å²) < 4.78 is 1.56. The number of para-hydroxylation sites is 1. The lowest BCUT2D eigenvalue weighted by Gasteiger charge is -2.14. The van der Waals surface area contributed by atoms with Crippen molar-refractivity contribution in [3.63, 3.8) is 0 Å². The summed E-state index contributed by atoms with van der Waals surface area (Å²) in [7, 11) is 0. The Morgan fingerprint density at radius 3 is 2.69 bits per heavy atom. The lowest BCUT2D eigenvalue weighted by atomic mass is 10.1. The Labute approximate surface area is 211 Å². The Morgan fingerprint density at radius 2 is 1.86 bits per heavy atom. The molecule has 3 aromatic carbocycles. The van der Waals surface area contributed by atoms with Crippen LogP contribution in [0.15, 0.2) is 82.2 Å². The molecule has 1 amide bonds. The molecule has 180 valence electrons. The van der Waals surface area contributed by atoms with Crippen molar-refractivity contribution in [1.82, 2.24) is 14.9 Å². The van der Waals surface area contributed by atoms with Crippen molar-refractivity contribution in [2.45, 2.75) is 19.8 Å². The van der Waals surface area contributed by atoms with Gasteiger partial charge in [0.15, 0.2) is 4.77 Å². The molecule has 5 rings (SSSR count). The first-order valence-electron chi connectivity index (χ1n) is 11.7. The molecule has 8 heteroatoms. The summed E-state index contributed by atoms with van der Waals surface area (Å²) in [6.07, 6.45) is 2.52. The van der Waals surface area contributed by atoms with Gasteiger partial charge in [-0.15, -0.1) is 0 Å². The SMILES string of the molecule is CCC(=O)NCCC1=c2ccccc2=N/C1=C\c1c(O)n(-c2cccc3ccccc23)c(=S)[nH]c1=O. The van der Waals surface area contributed by atoms with Crippen LogP contribution in [0, 0.1) is 4.77 Å². The van der Waals surface area contributed by atoms with Crippen molar-refractivity contribution < 1.29 is 9.90 Å². The third-order valence-electron chi connectivity index (χ3n) is 6.21. The Hall–Kier alpha value is -4.30. The number of aromatic nitrogens is 2. The van der Waals surface area contributed by atoms with Crippen molar-refractivity contribution in [2.24, 2.45) is 4.99 Å². The molecule has 1 aromatic heterocycles. The van der Waals surface area contributed by atoms with Gasteiger partial charge in [0, 0.05) is 23.6 Å². The largest absolute Gasteiger partial charge is 0.494 e. The summed E-state index contributed by atoms with van der Waals surface area (Å²) >= 11 is 5.45. The van der Waals surface area contributed by atoms with Gasteiger partial charge in [-0.2, -0.15) is 0 Å². The maximum absolute atomic E-state index is 13.0. The van der Waals surface area contributed by atoms with E-state index in [0.717, 1.165) is 26.9 Å². The number of nitrogens with zero attached hydrogens (tertiary/aromatic N) is 2. The predicted molar refractivity (Wildman–Crippen MR) is 143 cm³/mol. The normalized spacial score (nSPS) is 13.6. The molecule has 0 saturated carbocycles. The number of H-pyrrole nitrogens is 1. The van der Waals surface area contributed by atoms with Gasteiger partial charge in [0.25, 0.3) is 5.56 Å². The first kappa shape index (κ1) is 23.4. The van der Waals surface area contributed by atoms with Crippen LogP contribution in [0.4, 0.5) is 0 Å². The number of benzene rings is 3. The molecular formula is C28H24N4O3S. The van der Waals surface area contributed by atoms with Crippen LogP contribution < -0.4 is 21.5 Å². The molecule has 0 saturated heterocycles. The van der Waals surface area contributed by atoms with E-state index in [1.165, 1.54) is 4.57 Å². The number of hydrogen-bond acceptors (Lipinski definition) is 5. The number of allylic oxidation sites excluding steroid dienone is 1. The molecule has 0 aliphatic carbocycles. The quantitative estimate of drug-likeness (QED) is 0.356. The van der Waals surface area contributed by atoms with E-state index >= 15 is 0 Å². The third kappa shape index (κ3) is 4.27. The van der Waals surface area contributed by atoms with Gasteiger partial charge in [-0.3, -0.25) is 19.1 Å². The van der Waals surface area contributed by atoms with Gasteiger partial charge in [-0.05, 0) is 47.8 Å². The Morgan fingerprint density at radius 1 is 1.11 bits per heavy atom. The van der Waals surface area contributed by atoms with E-state index in [1.807, 2.05) is 66.7 Å². The van der Waals surface area contributed by atoms with Gasteiger partial charge in [0.2, 0.25) is 11.8 Å². The summed E-state index contributed by atoms with van der Waals surface area (Å²) in [6, 6.07) is 21.1. The van der Waals surface area contributed by atoms with Crippen molar-refractivity contribution in [2.75, 3.05) is 6.54 Å². The average molecular weight is 497 g/mol. The monoisotopic (exact) mass is 496 g/mol. The number of carbonyl (C=O) groups is 1. The summed E-state index contributed by atoms with van der Waals surface area (Å²) in [5.41, 5.74) is 1.65. The smallest absolute Gasteiger partial charge is 0.262 e. The molecule has 0 radical (unpaired) electrons. The number of nitrogens with one attached hydrogen (secondary N) is 2. The Bertz CT molecular complexity index is 1780. The van der Waals surface area contributed by atoms with Gasteiger partial charge >= 0.3 is 0 Å². The molecule has 1 aliphatic heterocycles. The van der Waals surface area contributed by atoms with E-state index < -0.39 is 5.56 Å². The van der Waals surface area contributed by atoms with Gasteiger partial charge in [-0.25, -0.2) is 4.99 Å². The second-order valence-electron chi connectivity index (χ2n) is 8.42. The van der Waals surface area contributed by atoms with Crippen LogP contribution in [0.25, 0.3) is 28.1 Å². The van der Waals surface area contributed by atoms with Gasteiger partial charge in [0.1, 0.15) is 5.56 Å². The van der Waals surface area contributed by atoms with Crippen LogP contribution in [0.5, 0.6) is 5.88 Å². The van der Waals surface area contributed by atoms with Gasteiger partial charge in [-0.1, -0.05) is 61.5 Å². The van der Waals surface area contributed by atoms with Crippen LogP contribution >= 0.6 is 12.2 Å². The molecule has 4 aromatic rings. The molecule has 1 aliphatic rings. The molecular weight excluding hydrogens is 472 g/mol. The zero-order valence-corrected chi connectivity index (χ0v) is 20.4. The van der Waals surface area contributed by atoms with Crippen molar-refractivity contribution >= 4 is 40.5 Å². The maximum atomic E-state index is 13.0. The van der Waals surface area contributed by atoms with E-state index in [1.54, 1.807) is 13.0 Å². The molecule has 0 bridgehead atoms. The molecule has 0 atom stereocenters. The van der Waals surface area contributed by atoms with E-state index in [4.69, 9.17) is 17.2 Å². The molecule has 0 spiro atoms. The number of aromatic amines is 1. The molecule has 0 fully saturated rings. The lowest BCUT2D eigenvalue weighted by Crippen LogP contribution is -2.26. The number of amides is 1. The first-order chi connectivity index (χ1) is 17.5. The second-order valence-corrected chi connectivity index (χ2v) is 8.81. The molecule has 2 heterocycles. The van der Waals surface area contributed by atoms with E-state index in [0.29, 0.717) is 30.8 Å². The van der Waals surface area contributed by atoms with Crippen LogP contribution in [-0.2, 0) is 4.79 Å². The van der Waals surface area contributed by atoms with Crippen LogP contribution in [-0.4, -0.2) is 27.1 Å². The number of hydrogen-bond donors (Lipinski definition) is 3. The standard InChI is InChI=1S/C28H24N4O3S/c1-2-25(33)29-15-14-20-19-11-5-6-12-22(19)30-23(20)16-21-26(34)31-28(36)32(27(21)35)24-13-7-9-17-8-3-4-10-18(17)24/h3-13,16,35H,2,14-15H2,1H3,(H,29,33)(H,31,34,36)/b23-16-. The zero-order chi connectivity index (χ0) is 25.2. The summed E-state index contributed by atoms with van der Waals surface area (Å²) in [5.74, 6) is -0.298. The molecule has 36 heavy (non-hydrogen) atoms. The fraction of sp³-hybridized carbons (Fsp3) is 0.143. The summed E-state index contributed by atoms with van der Waals surface area (Å²) in [5, 5.41) is 17.8. The minimum Gasteiger partial charge on any atom is -0.494 e. The summed E-state index contributed by atoms with van der Waals surface area (Å²) in [4.78, 5) is 32.1. The Balaban J connectivity index is 1.66. The molecule has 0 unspecified atom stereocenters. The molecule has 3 N–H and O–H groups in total. The predicted octanol–water partition coefficient (Wildman–Crippen LogP) is 3.50. The first-order valence-corrected chi connectivity index (χ1v) is 12.1. The highest BCUT2D eigenvalue weighted by Crippen LogP contribution is 2.29. The van der Waals surface area contributed by atoms with Crippen LogP contribution in [0.1, 0.15) is 25.3 Å². The third-order valence-corrected chi connectivity index (χ3v) is 6.49. The lowest BCUT2D eigenvalue weighted by molar-refractivity contribution is -0.120. The van der Waals surface area contributed by atoms with Crippen molar-refractivity contribution in [1.29, 1.82) is 0 Å². The summed E-state index contributed by atoms with van der Waals surface area (Å²) in [6.45, 7) is 2.24. The zero-order valence-electron chi connectivity index (χ0n) is 19.6. The van der Waals surface area contributed by atoms with E-state index in [2.05, 4.69) is 10.3 Å². The van der Waals surface area contributed by atoms with Gasteiger partial charge in [0.05, 0.1) is 16.7 Å². The number of fused-ring (bicyclic) bond motifs is 2. The highest BCUT2D eigenvalue weighted by Gasteiger charge is 2.18. The maximum Gasteiger partial charge on any atom is 0.262 e. The number of aromatic hydroxyl groups is 1. The van der Waals surface area contributed by atoms with Crippen LogP contribution in [0.3, 0.4) is 0 Å². The van der Waals surface area contributed by atoms with E-state index in [9.17, 15) is 14.7 Å². The second kappa shape index (κ2) is 9.75. The molecule has 7 nitrogen and oxygen atoms in total. The fourth-order valence-electron chi connectivity index (χ4n) is 4.43. The number of carbonyl (C=O) groups excluding carboxylic acids is 1. The Kier molecular flexibility index (Phi) is 6.35. The highest BCUT2D eigenvalue weighted by molar-refractivity contribution is 7.71. The van der Waals surface area contributed by atoms with E-state index in [-0.39, 0.29) is 22.1 Å². The average Bonchev–Trinajstić information content (AvgIpc) is 3.23. The minimum absolute atomic E-state index is 0.0318. The topological polar surface area (TPSA) is 99.5 Å². The van der Waals surface area contributed by atoms with Gasteiger partial charge < -0.3 is 10.4 Å². The van der Waals surface area contributed by atoms with Crippen LogP contribution in [0.2, 0.25) is 0 Å². The minimum atomic E-state index is -0.508. The number of rotatable bonds is 6.